The van der Waals surface area contributed by atoms with Crippen molar-refractivity contribution in [2.24, 2.45) is 5.41 Å². The topological polar surface area (TPSA) is 140 Å². The van der Waals surface area contributed by atoms with Crippen LogP contribution >= 0.6 is 11.6 Å². The third-order valence-corrected chi connectivity index (χ3v) is 8.84. The van der Waals surface area contributed by atoms with Gasteiger partial charge < -0.3 is 14.6 Å². The Morgan fingerprint density at radius 3 is 2.51 bits per heavy atom. The minimum absolute atomic E-state index is 0.0420. The number of carboxylic acids is 1. The van der Waals surface area contributed by atoms with Crippen molar-refractivity contribution in [2.45, 2.75) is 69.4 Å². The number of benzene rings is 1. The molecule has 2 aromatic rings. The van der Waals surface area contributed by atoms with Crippen molar-refractivity contribution in [3.8, 4) is 5.75 Å². The number of aryl methyl sites for hydroxylation is 1. The van der Waals surface area contributed by atoms with Gasteiger partial charge in [-0.1, -0.05) is 11.6 Å². The first-order valence-corrected chi connectivity index (χ1v) is 13.7. The molecule has 1 aromatic heterocycles. The predicted octanol–water partition coefficient (Wildman–Crippen LogP) is 4.66. The molecule has 0 unspecified atom stereocenters. The number of fused-ring (bicyclic) bond motifs is 1. The van der Waals surface area contributed by atoms with Crippen LogP contribution in [-0.2, 0) is 26.1 Å². The van der Waals surface area contributed by atoms with Gasteiger partial charge in [0.2, 0.25) is 5.60 Å². The quantitative estimate of drug-likeness (QED) is 0.450. The lowest BCUT2D eigenvalue weighted by Crippen LogP contribution is -2.45. The molecular formula is C23H26ClF3N4O7S. The highest BCUT2D eigenvalue weighted by Crippen LogP contribution is 2.51. The van der Waals surface area contributed by atoms with Gasteiger partial charge in [-0.15, -0.1) is 0 Å². The molecule has 39 heavy (non-hydrogen) atoms. The van der Waals surface area contributed by atoms with Gasteiger partial charge in [0.15, 0.2) is 5.15 Å². The van der Waals surface area contributed by atoms with Crippen molar-refractivity contribution in [1.82, 2.24) is 9.78 Å². The Balaban J connectivity index is 1.69. The SMILES string of the molecule is CCn1cc(S(=O)(=O)N2C[C@H](CC3(C(=O)O)CC3)Oc3ccc(NC(=O)OC(C)(C)C(F)(F)F)cc32)c(Cl)n1. The largest absolute Gasteiger partial charge is 0.486 e. The molecule has 4 rings (SSSR count). The third kappa shape index (κ3) is 5.60. The molecule has 1 aromatic carbocycles. The molecule has 1 fully saturated rings. The summed E-state index contributed by atoms with van der Waals surface area (Å²) >= 11 is 6.14. The van der Waals surface area contributed by atoms with Crippen LogP contribution in [0.2, 0.25) is 5.15 Å². The monoisotopic (exact) mass is 594 g/mol. The van der Waals surface area contributed by atoms with Crippen molar-refractivity contribution in [3.05, 3.63) is 29.5 Å². The highest BCUT2D eigenvalue weighted by Gasteiger charge is 2.53. The van der Waals surface area contributed by atoms with E-state index >= 15 is 0 Å². The van der Waals surface area contributed by atoms with E-state index in [9.17, 15) is 36.3 Å². The first-order valence-electron chi connectivity index (χ1n) is 11.9. The molecular weight excluding hydrogens is 569 g/mol. The van der Waals surface area contributed by atoms with E-state index in [0.29, 0.717) is 33.2 Å². The summed E-state index contributed by atoms with van der Waals surface area (Å²) in [6.07, 6.45) is -4.92. The second kappa shape index (κ2) is 9.77. The van der Waals surface area contributed by atoms with Crippen LogP contribution in [0.25, 0.3) is 0 Å². The Bertz CT molecular complexity index is 1410. The van der Waals surface area contributed by atoms with Crippen molar-refractivity contribution >= 4 is 45.1 Å². The zero-order valence-corrected chi connectivity index (χ0v) is 22.7. The summed E-state index contributed by atoms with van der Waals surface area (Å²) in [6.45, 7) is 3.16. The van der Waals surface area contributed by atoms with Crippen molar-refractivity contribution in [2.75, 3.05) is 16.2 Å². The predicted molar refractivity (Wildman–Crippen MR) is 132 cm³/mol. The van der Waals surface area contributed by atoms with Crippen LogP contribution in [0.3, 0.4) is 0 Å². The number of halogens is 4. The van der Waals surface area contributed by atoms with E-state index in [0.717, 1.165) is 4.31 Å². The van der Waals surface area contributed by atoms with Gasteiger partial charge in [0.25, 0.3) is 10.0 Å². The number of carbonyl (C=O) groups excluding carboxylic acids is 1. The molecule has 2 heterocycles. The fourth-order valence-corrected chi connectivity index (χ4v) is 6.03. The van der Waals surface area contributed by atoms with Gasteiger partial charge in [0.05, 0.1) is 17.6 Å². The number of carboxylic acid groups (broad SMARTS) is 1. The highest BCUT2D eigenvalue weighted by molar-refractivity contribution is 7.93. The highest BCUT2D eigenvalue weighted by atomic mass is 35.5. The Labute approximate surface area is 226 Å². The molecule has 11 nitrogen and oxygen atoms in total. The number of aliphatic carboxylic acids is 1. The van der Waals surface area contributed by atoms with E-state index < -0.39 is 45.4 Å². The zero-order chi connectivity index (χ0) is 29.0. The normalized spacial score (nSPS) is 18.6. The number of sulfonamides is 1. The number of anilines is 2. The molecule has 0 radical (unpaired) electrons. The summed E-state index contributed by atoms with van der Waals surface area (Å²) in [5.41, 5.74) is -3.91. The van der Waals surface area contributed by atoms with Crippen LogP contribution < -0.4 is 14.4 Å². The summed E-state index contributed by atoms with van der Waals surface area (Å²) < 4.78 is 79.7. The van der Waals surface area contributed by atoms with E-state index in [-0.39, 0.29) is 40.1 Å². The number of aromatic nitrogens is 2. The molecule has 16 heteroatoms. The summed E-state index contributed by atoms with van der Waals surface area (Å²) in [5, 5.41) is 15.5. The van der Waals surface area contributed by atoms with Crippen LogP contribution in [0.4, 0.5) is 29.3 Å². The number of ether oxygens (including phenoxy) is 2. The number of carbonyl (C=O) groups is 2. The molecule has 0 spiro atoms. The zero-order valence-electron chi connectivity index (χ0n) is 21.1. The fraction of sp³-hybridized carbons (Fsp3) is 0.522. The van der Waals surface area contributed by atoms with E-state index in [1.165, 1.54) is 29.1 Å². The van der Waals surface area contributed by atoms with Gasteiger partial charge in [-0.05, 0) is 51.8 Å². The van der Waals surface area contributed by atoms with Gasteiger partial charge in [0.1, 0.15) is 16.7 Å². The Morgan fingerprint density at radius 2 is 1.97 bits per heavy atom. The standard InChI is InChI=1S/C23H26ClF3N4O7S/c1-4-30-12-17(18(24)29-30)39(35,36)31-11-14(10-22(7-8-22)19(32)33)37-16-6-5-13(9-15(16)31)28-20(34)38-21(2,3)23(25,26)27/h5-6,9,12,14H,4,7-8,10-11H2,1-3H3,(H,28,34)(H,32,33)/t14-/m0/s1. The van der Waals surface area contributed by atoms with Crippen molar-refractivity contribution < 1.29 is 45.8 Å². The summed E-state index contributed by atoms with van der Waals surface area (Å²) in [6, 6.07) is 3.82. The maximum absolute atomic E-state index is 13.8. The van der Waals surface area contributed by atoms with E-state index in [1.807, 2.05) is 0 Å². The number of rotatable bonds is 8. The number of hydrogen-bond acceptors (Lipinski definition) is 7. The van der Waals surface area contributed by atoms with Gasteiger partial charge in [-0.2, -0.15) is 18.3 Å². The van der Waals surface area contributed by atoms with Crippen LogP contribution in [0, 0.1) is 5.41 Å². The summed E-state index contributed by atoms with van der Waals surface area (Å²) in [4.78, 5) is 23.7. The van der Waals surface area contributed by atoms with Gasteiger partial charge >= 0.3 is 18.2 Å². The Kier molecular flexibility index (Phi) is 7.21. The molecule has 1 aliphatic carbocycles. The molecule has 2 N–H and O–H groups in total. The molecule has 1 aliphatic heterocycles. The summed E-state index contributed by atoms with van der Waals surface area (Å²) in [7, 11) is -4.38. The minimum Gasteiger partial charge on any atom is -0.486 e. The molecule has 1 saturated carbocycles. The Morgan fingerprint density at radius 1 is 1.31 bits per heavy atom. The second-order valence-electron chi connectivity index (χ2n) is 9.91. The van der Waals surface area contributed by atoms with E-state index in [4.69, 9.17) is 16.3 Å². The maximum atomic E-state index is 13.8. The van der Waals surface area contributed by atoms with Gasteiger partial charge in [-0.3, -0.25) is 19.1 Å². The number of nitrogens with zero attached hydrogens (tertiary/aromatic N) is 3. The lowest BCUT2D eigenvalue weighted by Gasteiger charge is -2.36. The number of hydrogen-bond donors (Lipinski definition) is 2. The van der Waals surface area contributed by atoms with Crippen LogP contribution in [0.1, 0.15) is 40.0 Å². The molecule has 0 bridgehead atoms. The molecule has 214 valence electrons. The second-order valence-corrected chi connectivity index (χ2v) is 12.1. The molecule has 1 atom stereocenters. The number of alkyl halides is 3. The average Bonchev–Trinajstić information content (AvgIpc) is 3.50. The number of nitrogens with one attached hydrogen (secondary N) is 1. The third-order valence-electron chi connectivity index (χ3n) is 6.67. The van der Waals surface area contributed by atoms with Crippen LogP contribution in [0.5, 0.6) is 5.75 Å². The smallest absolute Gasteiger partial charge is 0.427 e. The lowest BCUT2D eigenvalue weighted by molar-refractivity contribution is -0.242. The van der Waals surface area contributed by atoms with E-state index in [2.05, 4.69) is 15.2 Å². The van der Waals surface area contributed by atoms with Gasteiger partial charge in [0, 0.05) is 24.8 Å². The maximum Gasteiger partial charge on any atom is 0.427 e. The fourth-order valence-electron chi connectivity index (χ4n) is 4.08. The molecule has 1 amide bonds. The van der Waals surface area contributed by atoms with E-state index in [1.54, 1.807) is 6.92 Å². The number of amides is 1. The van der Waals surface area contributed by atoms with Gasteiger partial charge in [-0.25, -0.2) is 13.2 Å². The Hall–Kier alpha value is -3.20. The van der Waals surface area contributed by atoms with Crippen LogP contribution in [0.15, 0.2) is 29.3 Å². The minimum atomic E-state index is -4.83. The lowest BCUT2D eigenvalue weighted by atomic mass is 9.97. The van der Waals surface area contributed by atoms with Crippen LogP contribution in [-0.4, -0.2) is 59.8 Å². The first-order chi connectivity index (χ1) is 18.0. The van der Waals surface area contributed by atoms with Crippen molar-refractivity contribution in [1.29, 1.82) is 0 Å². The molecule has 2 aliphatic rings. The van der Waals surface area contributed by atoms with Crippen molar-refractivity contribution in [3.63, 3.8) is 0 Å². The first kappa shape index (κ1) is 28.8. The summed E-state index contributed by atoms with van der Waals surface area (Å²) in [5.74, 6) is -0.942. The molecule has 0 saturated heterocycles. The average molecular weight is 595 g/mol.